The Balaban J connectivity index is 1.79. The van der Waals surface area contributed by atoms with Crippen molar-refractivity contribution < 1.29 is 32.3 Å². The fourth-order valence-corrected chi connectivity index (χ4v) is 7.40. The first-order valence-corrected chi connectivity index (χ1v) is 11.6. The van der Waals surface area contributed by atoms with Crippen LogP contribution < -0.4 is 0 Å². The Morgan fingerprint density at radius 2 is 1.82 bits per heavy atom. The van der Waals surface area contributed by atoms with Crippen LogP contribution in [-0.2, 0) is 19.1 Å². The van der Waals surface area contributed by atoms with Gasteiger partial charge < -0.3 is 4.74 Å². The fourth-order valence-electron chi connectivity index (χ4n) is 7.40. The zero-order valence-corrected chi connectivity index (χ0v) is 19.7. The molecule has 180 valence electrons. The maximum atomic E-state index is 14.2. The van der Waals surface area contributed by atoms with E-state index in [-0.39, 0.29) is 42.1 Å². The molecular weight excluding hydrogens is 433 g/mol. The number of hydrogen-bond acceptors (Lipinski definition) is 4. The predicted octanol–water partition coefficient (Wildman–Crippen LogP) is 5.39. The molecule has 3 unspecified atom stereocenters. The molecule has 4 aliphatic rings. The van der Waals surface area contributed by atoms with E-state index >= 15 is 0 Å². The number of allylic oxidation sites excluding steroid dienone is 6. The van der Waals surface area contributed by atoms with Gasteiger partial charge in [0.15, 0.2) is 18.2 Å². The molecule has 0 aromatic rings. The number of ketones is 2. The molecule has 0 aromatic carbocycles. The van der Waals surface area contributed by atoms with E-state index in [0.29, 0.717) is 12.8 Å². The molecule has 2 fully saturated rings. The van der Waals surface area contributed by atoms with E-state index in [9.17, 15) is 27.6 Å². The van der Waals surface area contributed by atoms with E-state index in [1.54, 1.807) is 13.0 Å². The minimum atomic E-state index is -4.46. The van der Waals surface area contributed by atoms with Crippen molar-refractivity contribution in [1.29, 1.82) is 0 Å². The first kappa shape index (κ1) is 24.0. The third kappa shape index (κ3) is 3.28. The van der Waals surface area contributed by atoms with Gasteiger partial charge >= 0.3 is 12.1 Å². The number of carbonyl (C=O) groups is 3. The van der Waals surface area contributed by atoms with Crippen LogP contribution in [-0.4, -0.2) is 30.3 Å². The summed E-state index contributed by atoms with van der Waals surface area (Å²) >= 11 is 0. The smallest absolute Gasteiger partial charge is 0.395 e. The van der Waals surface area contributed by atoms with Gasteiger partial charge in [-0.25, -0.2) is 0 Å². The van der Waals surface area contributed by atoms with Crippen molar-refractivity contribution in [3.05, 3.63) is 35.5 Å². The molecule has 0 N–H and O–H groups in total. The van der Waals surface area contributed by atoms with Gasteiger partial charge in [0.2, 0.25) is 0 Å². The van der Waals surface area contributed by atoms with Crippen molar-refractivity contribution in [2.75, 3.05) is 6.61 Å². The largest absolute Gasteiger partial charge is 0.458 e. The van der Waals surface area contributed by atoms with Gasteiger partial charge in [-0.3, -0.25) is 14.4 Å². The fraction of sp³-hybridized carbons (Fsp3) is 0.654. The monoisotopic (exact) mass is 464 g/mol. The molecule has 0 spiro atoms. The van der Waals surface area contributed by atoms with Gasteiger partial charge in [-0.1, -0.05) is 38.5 Å². The van der Waals surface area contributed by atoms with Gasteiger partial charge in [-0.2, -0.15) is 13.2 Å². The average Bonchev–Trinajstić information content (AvgIpc) is 2.93. The summed E-state index contributed by atoms with van der Waals surface area (Å²) in [6.07, 6.45) is 2.81. The molecule has 7 atom stereocenters. The molecule has 0 bridgehead atoms. The highest BCUT2D eigenvalue weighted by atomic mass is 19.4. The van der Waals surface area contributed by atoms with Gasteiger partial charge in [0.1, 0.15) is 0 Å². The highest BCUT2D eigenvalue weighted by molar-refractivity contribution is 6.01. The van der Waals surface area contributed by atoms with Crippen LogP contribution >= 0.6 is 0 Å². The lowest BCUT2D eigenvalue weighted by Gasteiger charge is -2.56. The average molecular weight is 465 g/mol. The van der Waals surface area contributed by atoms with E-state index in [0.717, 1.165) is 5.57 Å². The molecule has 2 saturated carbocycles. The number of ether oxygens (including phenoxy) is 1. The topological polar surface area (TPSA) is 60.4 Å². The maximum absolute atomic E-state index is 14.2. The number of fused-ring (bicyclic) bond motifs is 5. The lowest BCUT2D eigenvalue weighted by molar-refractivity contribution is -0.177. The third-order valence-corrected chi connectivity index (χ3v) is 9.55. The van der Waals surface area contributed by atoms with Crippen molar-refractivity contribution in [2.24, 2.45) is 39.9 Å². The Morgan fingerprint density at radius 1 is 1.15 bits per heavy atom. The van der Waals surface area contributed by atoms with Crippen LogP contribution in [0.5, 0.6) is 0 Å². The van der Waals surface area contributed by atoms with Gasteiger partial charge in [0, 0.05) is 17.8 Å². The van der Waals surface area contributed by atoms with Crippen LogP contribution in [0.3, 0.4) is 0 Å². The number of carbonyl (C=O) groups excluding carboxylic acids is 3. The van der Waals surface area contributed by atoms with Gasteiger partial charge in [-0.05, 0) is 67.1 Å². The van der Waals surface area contributed by atoms with Crippen molar-refractivity contribution in [3.8, 4) is 0 Å². The van der Waals surface area contributed by atoms with Crippen molar-refractivity contribution in [2.45, 2.75) is 60.1 Å². The summed E-state index contributed by atoms with van der Waals surface area (Å²) in [6, 6.07) is 0. The maximum Gasteiger partial charge on any atom is 0.395 e. The quantitative estimate of drug-likeness (QED) is 0.415. The minimum Gasteiger partial charge on any atom is -0.458 e. The van der Waals surface area contributed by atoms with Crippen LogP contribution in [0, 0.1) is 39.9 Å². The highest BCUT2D eigenvalue weighted by Crippen LogP contribution is 2.70. The molecule has 4 nitrogen and oxygen atoms in total. The number of halogens is 3. The van der Waals surface area contributed by atoms with Crippen molar-refractivity contribution >= 4 is 17.5 Å². The second-order valence-corrected chi connectivity index (χ2v) is 10.9. The SMILES string of the molecule is CC(=O)OCC(=O)[C@@]1(C)[C@H](C)CC2C3CC(C(F)(F)F)C4=CC(=O)C=C[C@]4(C)C3=CC[C@@]21C. The Bertz CT molecular complexity index is 1010. The Kier molecular flexibility index (Phi) is 5.38. The van der Waals surface area contributed by atoms with Crippen LogP contribution in [0.2, 0.25) is 0 Å². The number of rotatable bonds is 3. The summed E-state index contributed by atoms with van der Waals surface area (Å²) < 4.78 is 47.7. The second-order valence-electron chi connectivity index (χ2n) is 10.9. The zero-order chi connectivity index (χ0) is 24.6. The molecule has 4 aliphatic carbocycles. The molecule has 0 radical (unpaired) electrons. The van der Waals surface area contributed by atoms with E-state index in [4.69, 9.17) is 4.74 Å². The van der Waals surface area contributed by atoms with Crippen molar-refractivity contribution in [3.63, 3.8) is 0 Å². The summed E-state index contributed by atoms with van der Waals surface area (Å²) in [5, 5.41) is 0. The Labute approximate surface area is 192 Å². The minimum absolute atomic E-state index is 0.0686. The molecule has 0 aliphatic heterocycles. The zero-order valence-electron chi connectivity index (χ0n) is 19.7. The van der Waals surface area contributed by atoms with Gasteiger partial charge in [0.05, 0.1) is 5.92 Å². The number of esters is 1. The van der Waals surface area contributed by atoms with Gasteiger partial charge in [-0.15, -0.1) is 0 Å². The molecule has 4 rings (SSSR count). The van der Waals surface area contributed by atoms with Crippen LogP contribution in [0.15, 0.2) is 35.5 Å². The molecule has 0 aromatic heterocycles. The summed E-state index contributed by atoms with van der Waals surface area (Å²) in [4.78, 5) is 36.6. The number of hydrogen-bond donors (Lipinski definition) is 0. The summed E-state index contributed by atoms with van der Waals surface area (Å²) in [5.74, 6) is -3.34. The molecular formula is C26H31F3O4. The molecule has 33 heavy (non-hydrogen) atoms. The second kappa shape index (κ2) is 7.41. The first-order chi connectivity index (χ1) is 15.2. The molecule has 0 heterocycles. The Hall–Kier alpha value is -2.18. The van der Waals surface area contributed by atoms with Crippen LogP contribution in [0.4, 0.5) is 13.2 Å². The molecule has 7 heteroatoms. The first-order valence-electron chi connectivity index (χ1n) is 11.6. The normalized spacial score (nSPS) is 42.0. The summed E-state index contributed by atoms with van der Waals surface area (Å²) in [5.41, 5.74) is -1.27. The van der Waals surface area contributed by atoms with E-state index in [1.807, 2.05) is 26.8 Å². The van der Waals surface area contributed by atoms with E-state index < -0.39 is 40.1 Å². The highest BCUT2D eigenvalue weighted by Gasteiger charge is 2.67. The molecule has 0 saturated heterocycles. The molecule has 0 amide bonds. The number of Topliss-reactive ketones (excluding diaryl/α,β-unsaturated/α-hetero) is 1. The van der Waals surface area contributed by atoms with Crippen molar-refractivity contribution in [1.82, 2.24) is 0 Å². The third-order valence-electron chi connectivity index (χ3n) is 9.55. The van der Waals surface area contributed by atoms with Gasteiger partial charge in [0.25, 0.3) is 0 Å². The van der Waals surface area contributed by atoms with E-state index in [1.165, 1.54) is 19.1 Å². The summed E-state index contributed by atoms with van der Waals surface area (Å²) in [6.45, 7) is 8.59. The summed E-state index contributed by atoms with van der Waals surface area (Å²) in [7, 11) is 0. The number of alkyl halides is 3. The lowest BCUT2D eigenvalue weighted by atomic mass is 9.48. The van der Waals surface area contributed by atoms with Crippen LogP contribution in [0.1, 0.15) is 53.9 Å². The Morgan fingerprint density at radius 3 is 2.42 bits per heavy atom. The standard InChI is InChI=1S/C26H31F3O4/c1-14-10-19-17-12-21(26(27,28)29)20-11-16(31)6-8-23(20,3)18(17)7-9-24(19,4)25(14,5)22(32)13-33-15(2)30/h6-8,11,14,17,19,21H,9-10,12-13H2,1-5H3/t14-,17?,19?,21?,23-,24+,25-/m1/s1. The van der Waals surface area contributed by atoms with E-state index in [2.05, 4.69) is 0 Å². The lowest BCUT2D eigenvalue weighted by Crippen LogP contribution is -2.52. The van der Waals surface area contributed by atoms with Crippen LogP contribution in [0.25, 0.3) is 0 Å². The predicted molar refractivity (Wildman–Crippen MR) is 116 cm³/mol.